The molecule has 1 spiro atoms. The van der Waals surface area contributed by atoms with Gasteiger partial charge < -0.3 is 5.32 Å². The summed E-state index contributed by atoms with van der Waals surface area (Å²) in [6, 6.07) is 49.8. The van der Waals surface area contributed by atoms with Crippen LogP contribution in [-0.2, 0) is 16.2 Å². The van der Waals surface area contributed by atoms with Gasteiger partial charge in [0, 0.05) is 17.2 Å². The first-order valence-corrected chi connectivity index (χ1v) is 23.3. The maximum absolute atomic E-state index is 4.14. The van der Waals surface area contributed by atoms with Gasteiger partial charge in [-0.05, 0) is 152 Å². The third-order valence-corrected chi connectivity index (χ3v) is 16.8. The van der Waals surface area contributed by atoms with Crippen molar-refractivity contribution in [3.63, 3.8) is 0 Å². The highest BCUT2D eigenvalue weighted by Gasteiger charge is 2.55. The van der Waals surface area contributed by atoms with Gasteiger partial charge in [-0.2, -0.15) is 0 Å². The number of nitrogens with one attached hydrogen (secondary N) is 1. The molecule has 12 rings (SSSR count). The van der Waals surface area contributed by atoms with Gasteiger partial charge in [-0.3, -0.25) is 0 Å². The van der Waals surface area contributed by atoms with Gasteiger partial charge >= 0.3 is 0 Å². The van der Waals surface area contributed by atoms with E-state index in [4.69, 9.17) is 0 Å². The summed E-state index contributed by atoms with van der Waals surface area (Å²) >= 11 is 0. The van der Waals surface area contributed by atoms with Gasteiger partial charge in [-0.15, -0.1) is 0 Å². The summed E-state index contributed by atoms with van der Waals surface area (Å²) in [5, 5.41) is 4.14. The lowest BCUT2D eigenvalue weighted by Gasteiger charge is -2.58. The third-order valence-electron chi connectivity index (χ3n) is 16.8. The lowest BCUT2D eigenvalue weighted by atomic mass is 9.42. The van der Waals surface area contributed by atoms with Gasteiger partial charge in [0.05, 0.1) is 11.1 Å². The molecule has 3 unspecified atom stereocenters. The van der Waals surface area contributed by atoms with E-state index in [0.29, 0.717) is 5.92 Å². The summed E-state index contributed by atoms with van der Waals surface area (Å²) in [6.07, 6.45) is 6.38. The SMILES string of the molecule is Cc1cc(C)c(-c2cc(-c3cccc4c3Nc3ccccc3C43c4ccccc4-c4ccccc43)c3c(c2)C2CC4(C)CCCCC4(C)c4cc(C(C)(C)C)cc(c42)[B]3)c(C)c1. The first kappa shape index (κ1) is 38.1. The summed E-state index contributed by atoms with van der Waals surface area (Å²) < 4.78 is 0. The summed E-state index contributed by atoms with van der Waals surface area (Å²) in [5.74, 6) is 0.322. The molecule has 1 nitrogen and oxygen atoms in total. The largest absolute Gasteiger partial charge is 0.354 e. The Morgan fingerprint density at radius 2 is 1.24 bits per heavy atom. The second-order valence-corrected chi connectivity index (χ2v) is 21.3. The minimum absolute atomic E-state index is 0.0409. The minimum Gasteiger partial charge on any atom is -0.354 e. The van der Waals surface area contributed by atoms with Gasteiger partial charge in [0.1, 0.15) is 0 Å². The molecule has 0 saturated heterocycles. The molecule has 3 atom stereocenters. The quantitative estimate of drug-likeness (QED) is 0.172. The summed E-state index contributed by atoms with van der Waals surface area (Å²) in [4.78, 5) is 0. The van der Waals surface area contributed by atoms with Crippen LogP contribution in [0.3, 0.4) is 0 Å². The molecular weight excluding hydrogens is 745 g/mol. The lowest BCUT2D eigenvalue weighted by molar-refractivity contribution is 0.0602. The van der Waals surface area contributed by atoms with Crippen molar-refractivity contribution in [2.75, 3.05) is 5.32 Å². The summed E-state index contributed by atoms with van der Waals surface area (Å²) in [6.45, 7) is 19.4. The fourth-order valence-electron chi connectivity index (χ4n) is 13.8. The topological polar surface area (TPSA) is 12.0 Å². The van der Waals surface area contributed by atoms with Crippen molar-refractivity contribution in [1.29, 1.82) is 0 Å². The smallest absolute Gasteiger partial charge is 0.193 e. The van der Waals surface area contributed by atoms with Crippen molar-refractivity contribution in [3.8, 4) is 33.4 Å². The molecule has 5 aliphatic rings. The van der Waals surface area contributed by atoms with Crippen LogP contribution >= 0.6 is 0 Å². The number of aryl methyl sites for hydroxylation is 3. The average Bonchev–Trinajstić information content (AvgIpc) is 3.54. The van der Waals surface area contributed by atoms with Crippen LogP contribution in [0.2, 0.25) is 0 Å². The standard InChI is InChI=1S/C60H57BN/c1-35-28-36(2)53(37(3)29-35)38-30-43(55-44(31-38)45-34-58(7)26-15-16-27-59(58,8)50-32-39(57(4,5)6)33-51(61-55)54(45)50)42-20-17-24-49-56(42)62-52-25-14-13-23-48(52)60(49)46-21-11-9-18-40(46)41-19-10-12-22-47(41)60/h9-14,17-25,28-33,45,62H,15-16,26-27,34H2,1-8H3. The minimum atomic E-state index is -0.460. The zero-order valence-corrected chi connectivity index (χ0v) is 37.8. The first-order chi connectivity index (χ1) is 29.8. The first-order valence-electron chi connectivity index (χ1n) is 23.3. The molecule has 62 heavy (non-hydrogen) atoms. The zero-order chi connectivity index (χ0) is 42.5. The Balaban J connectivity index is 1.18. The van der Waals surface area contributed by atoms with Crippen LogP contribution in [0.1, 0.15) is 134 Å². The van der Waals surface area contributed by atoms with Crippen LogP contribution < -0.4 is 16.2 Å². The molecule has 0 amide bonds. The number of hydrogen-bond donors (Lipinski definition) is 1. The van der Waals surface area contributed by atoms with Crippen LogP contribution in [0.25, 0.3) is 33.4 Å². The number of hydrogen-bond acceptors (Lipinski definition) is 1. The number of anilines is 2. The van der Waals surface area contributed by atoms with Gasteiger partial charge in [0.25, 0.3) is 0 Å². The molecule has 2 heterocycles. The van der Waals surface area contributed by atoms with E-state index in [1.807, 2.05) is 0 Å². The van der Waals surface area contributed by atoms with Crippen LogP contribution in [0.15, 0.2) is 127 Å². The molecule has 1 saturated carbocycles. The molecule has 1 N–H and O–H groups in total. The second-order valence-electron chi connectivity index (χ2n) is 21.3. The maximum Gasteiger partial charge on any atom is 0.193 e. The van der Waals surface area contributed by atoms with Gasteiger partial charge in [0.15, 0.2) is 7.28 Å². The Morgan fingerprint density at radius 3 is 1.95 bits per heavy atom. The number of benzene rings is 7. The molecule has 1 fully saturated rings. The van der Waals surface area contributed by atoms with Crippen molar-refractivity contribution in [1.82, 2.24) is 0 Å². The molecular formula is C60H57BN. The average molecular weight is 803 g/mol. The van der Waals surface area contributed by atoms with E-state index in [-0.39, 0.29) is 16.2 Å². The normalized spacial score (nSPS) is 21.9. The fourth-order valence-corrected chi connectivity index (χ4v) is 13.8. The molecule has 2 aliphatic heterocycles. The highest BCUT2D eigenvalue weighted by molar-refractivity contribution is 6.70. The molecule has 2 heteroatoms. The van der Waals surface area contributed by atoms with Crippen molar-refractivity contribution >= 4 is 29.6 Å². The maximum atomic E-state index is 4.14. The van der Waals surface area contributed by atoms with E-state index >= 15 is 0 Å². The van der Waals surface area contributed by atoms with Crippen LogP contribution in [0.5, 0.6) is 0 Å². The zero-order valence-electron chi connectivity index (χ0n) is 37.8. The van der Waals surface area contributed by atoms with Crippen LogP contribution in [0.4, 0.5) is 11.4 Å². The van der Waals surface area contributed by atoms with E-state index in [1.165, 1.54) is 138 Å². The highest BCUT2D eigenvalue weighted by Crippen LogP contribution is 2.64. The molecule has 1 radical (unpaired) electrons. The summed E-state index contributed by atoms with van der Waals surface area (Å²) in [5.41, 5.74) is 28.7. The van der Waals surface area contributed by atoms with Crippen molar-refractivity contribution < 1.29 is 0 Å². The molecule has 0 aromatic heterocycles. The number of fused-ring (bicyclic) bond motifs is 13. The van der Waals surface area contributed by atoms with Gasteiger partial charge in [-0.25, -0.2) is 0 Å². The van der Waals surface area contributed by atoms with Gasteiger partial charge in [0.2, 0.25) is 0 Å². The van der Waals surface area contributed by atoms with Crippen molar-refractivity contribution in [2.45, 2.75) is 110 Å². The Kier molecular flexibility index (Phi) is 7.98. The van der Waals surface area contributed by atoms with Gasteiger partial charge in [-0.1, -0.05) is 179 Å². The summed E-state index contributed by atoms with van der Waals surface area (Å²) in [7, 11) is 2.62. The van der Waals surface area contributed by atoms with Crippen LogP contribution in [-0.4, -0.2) is 7.28 Å². The van der Waals surface area contributed by atoms with E-state index in [1.54, 1.807) is 11.1 Å². The lowest BCUT2D eigenvalue weighted by Crippen LogP contribution is -2.54. The fraction of sp³-hybridized carbons (Fsp3) is 0.300. The molecule has 0 bridgehead atoms. The Morgan fingerprint density at radius 1 is 0.613 bits per heavy atom. The van der Waals surface area contributed by atoms with Crippen LogP contribution in [0, 0.1) is 26.2 Å². The third kappa shape index (κ3) is 4.99. The predicted octanol–water partition coefficient (Wildman–Crippen LogP) is 14.0. The number of rotatable bonds is 2. The molecule has 3 aliphatic carbocycles. The highest BCUT2D eigenvalue weighted by atomic mass is 14.9. The molecule has 7 aromatic rings. The van der Waals surface area contributed by atoms with E-state index < -0.39 is 5.41 Å². The monoisotopic (exact) mass is 802 g/mol. The van der Waals surface area contributed by atoms with E-state index in [2.05, 4.69) is 195 Å². The Bertz CT molecular complexity index is 3000. The molecule has 7 aromatic carbocycles. The Hall–Kier alpha value is -5.60. The Labute approximate surface area is 370 Å². The second kappa shape index (κ2) is 13.0. The predicted molar refractivity (Wildman–Crippen MR) is 263 cm³/mol. The molecule has 305 valence electrons. The van der Waals surface area contributed by atoms with Crippen molar-refractivity contribution in [3.05, 3.63) is 189 Å². The van der Waals surface area contributed by atoms with E-state index in [9.17, 15) is 0 Å². The van der Waals surface area contributed by atoms with Crippen molar-refractivity contribution in [2.24, 2.45) is 5.41 Å². The number of para-hydroxylation sites is 2. The van der Waals surface area contributed by atoms with E-state index in [0.717, 1.165) is 0 Å².